The van der Waals surface area contributed by atoms with Crippen molar-refractivity contribution in [3.05, 3.63) is 48.3 Å². The van der Waals surface area contributed by atoms with Crippen LogP contribution in [0.15, 0.2) is 41.4 Å². The van der Waals surface area contributed by atoms with Gasteiger partial charge in [-0.15, -0.1) is 0 Å². The molecule has 0 amide bonds. The van der Waals surface area contributed by atoms with Gasteiger partial charge in [0.15, 0.2) is 5.82 Å². The van der Waals surface area contributed by atoms with Crippen LogP contribution in [0.5, 0.6) is 0 Å². The molecule has 0 aliphatic carbocycles. The van der Waals surface area contributed by atoms with E-state index in [4.69, 9.17) is 9.26 Å². The average Bonchev–Trinajstić information content (AvgIpc) is 3.28. The van der Waals surface area contributed by atoms with E-state index in [1.54, 1.807) is 11.0 Å². The van der Waals surface area contributed by atoms with Crippen LogP contribution in [0.2, 0.25) is 0 Å². The Balaban J connectivity index is 1.37. The highest BCUT2D eigenvalue weighted by molar-refractivity contribution is 5.53. The van der Waals surface area contributed by atoms with Crippen molar-refractivity contribution in [1.29, 1.82) is 0 Å². The van der Waals surface area contributed by atoms with Gasteiger partial charge in [-0.05, 0) is 19.1 Å². The summed E-state index contributed by atoms with van der Waals surface area (Å²) in [4.78, 5) is 10.8. The van der Waals surface area contributed by atoms with Crippen LogP contribution >= 0.6 is 0 Å². The Morgan fingerprint density at radius 2 is 2.12 bits per heavy atom. The van der Waals surface area contributed by atoms with E-state index in [1.807, 2.05) is 24.3 Å². The minimum Gasteiger partial charge on any atom is -0.374 e. The smallest absolute Gasteiger partial charge is 0.257 e. The van der Waals surface area contributed by atoms with Crippen molar-refractivity contribution in [3.63, 3.8) is 0 Å². The standard InChI is InChI=1S/C17H20N6O2/c1-13-2-4-14(5-3-13)17-20-16(21-25-17)10-22-6-7-24-15(8-22)9-23-12-18-11-19-23/h2-5,11-12,15H,6-10H2,1H3/t15-/m1/s1. The van der Waals surface area contributed by atoms with Crippen molar-refractivity contribution in [3.8, 4) is 11.5 Å². The van der Waals surface area contributed by atoms with Crippen molar-refractivity contribution >= 4 is 0 Å². The Kier molecular flexibility index (Phi) is 4.53. The van der Waals surface area contributed by atoms with E-state index < -0.39 is 0 Å². The maximum absolute atomic E-state index is 5.81. The number of aryl methyl sites for hydroxylation is 1. The number of hydrogen-bond acceptors (Lipinski definition) is 7. The second kappa shape index (κ2) is 7.12. The highest BCUT2D eigenvalue weighted by atomic mass is 16.5. The van der Waals surface area contributed by atoms with Crippen LogP contribution in [0.25, 0.3) is 11.5 Å². The zero-order valence-electron chi connectivity index (χ0n) is 14.1. The summed E-state index contributed by atoms with van der Waals surface area (Å²) in [6.45, 7) is 5.72. The molecule has 4 rings (SSSR count). The molecule has 0 N–H and O–H groups in total. The van der Waals surface area contributed by atoms with Crippen LogP contribution in [0, 0.1) is 6.92 Å². The third-order valence-electron chi connectivity index (χ3n) is 4.21. The summed E-state index contributed by atoms with van der Waals surface area (Å²) in [7, 11) is 0. The SMILES string of the molecule is Cc1ccc(-c2nc(CN3CCO[C@@H](Cn4cncn4)C3)no2)cc1. The van der Waals surface area contributed by atoms with Gasteiger partial charge in [0.1, 0.15) is 12.7 Å². The molecule has 8 nitrogen and oxygen atoms in total. The van der Waals surface area contributed by atoms with Crippen molar-refractivity contribution in [2.75, 3.05) is 19.7 Å². The molecule has 3 heterocycles. The Bertz CT molecular complexity index is 799. The van der Waals surface area contributed by atoms with Crippen LogP contribution < -0.4 is 0 Å². The first-order chi connectivity index (χ1) is 12.3. The molecule has 1 aromatic carbocycles. The Morgan fingerprint density at radius 3 is 2.92 bits per heavy atom. The second-order valence-corrected chi connectivity index (χ2v) is 6.23. The highest BCUT2D eigenvalue weighted by Gasteiger charge is 2.22. The quantitative estimate of drug-likeness (QED) is 0.697. The van der Waals surface area contributed by atoms with Gasteiger partial charge in [-0.25, -0.2) is 4.98 Å². The third-order valence-corrected chi connectivity index (χ3v) is 4.21. The molecule has 3 aromatic rings. The topological polar surface area (TPSA) is 82.1 Å². The molecular weight excluding hydrogens is 320 g/mol. The highest BCUT2D eigenvalue weighted by Crippen LogP contribution is 2.18. The normalized spacial score (nSPS) is 18.5. The lowest BCUT2D eigenvalue weighted by Gasteiger charge is -2.31. The fourth-order valence-electron chi connectivity index (χ4n) is 2.90. The van der Waals surface area contributed by atoms with Crippen LogP contribution in [0.4, 0.5) is 0 Å². The molecule has 8 heteroatoms. The predicted molar refractivity (Wildman–Crippen MR) is 89.5 cm³/mol. The Hall–Kier alpha value is -2.58. The zero-order chi connectivity index (χ0) is 17.1. The van der Waals surface area contributed by atoms with Gasteiger partial charge in [0.25, 0.3) is 5.89 Å². The number of aromatic nitrogens is 5. The van der Waals surface area contributed by atoms with Crippen molar-refractivity contribution in [2.45, 2.75) is 26.1 Å². The zero-order valence-corrected chi connectivity index (χ0v) is 14.1. The van der Waals surface area contributed by atoms with Gasteiger partial charge in [0.2, 0.25) is 0 Å². The summed E-state index contributed by atoms with van der Waals surface area (Å²) in [6.07, 6.45) is 3.32. The monoisotopic (exact) mass is 340 g/mol. The van der Waals surface area contributed by atoms with E-state index in [9.17, 15) is 0 Å². The first-order valence-electron chi connectivity index (χ1n) is 8.32. The van der Waals surface area contributed by atoms with Crippen molar-refractivity contribution in [1.82, 2.24) is 29.8 Å². The largest absolute Gasteiger partial charge is 0.374 e. The molecule has 0 bridgehead atoms. The minimum atomic E-state index is 0.0823. The molecule has 2 aromatic heterocycles. The molecule has 1 fully saturated rings. The van der Waals surface area contributed by atoms with E-state index in [1.165, 1.54) is 11.9 Å². The molecule has 1 saturated heterocycles. The van der Waals surface area contributed by atoms with Gasteiger partial charge < -0.3 is 9.26 Å². The van der Waals surface area contributed by atoms with Crippen LogP contribution in [0.1, 0.15) is 11.4 Å². The van der Waals surface area contributed by atoms with Gasteiger partial charge in [0, 0.05) is 18.7 Å². The summed E-state index contributed by atoms with van der Waals surface area (Å²) >= 11 is 0. The number of hydrogen-bond donors (Lipinski definition) is 0. The fourth-order valence-corrected chi connectivity index (χ4v) is 2.90. The lowest BCUT2D eigenvalue weighted by atomic mass is 10.1. The molecule has 130 valence electrons. The van der Waals surface area contributed by atoms with E-state index in [0.717, 1.165) is 18.7 Å². The van der Waals surface area contributed by atoms with Crippen LogP contribution in [0.3, 0.4) is 0 Å². The van der Waals surface area contributed by atoms with Crippen LogP contribution in [-0.2, 0) is 17.8 Å². The molecular formula is C17H20N6O2. The maximum atomic E-state index is 5.81. The minimum absolute atomic E-state index is 0.0823. The van der Waals surface area contributed by atoms with E-state index in [-0.39, 0.29) is 6.10 Å². The van der Waals surface area contributed by atoms with E-state index in [0.29, 0.717) is 31.4 Å². The summed E-state index contributed by atoms with van der Waals surface area (Å²) < 4.78 is 13.0. The van der Waals surface area contributed by atoms with Gasteiger partial charge in [-0.3, -0.25) is 9.58 Å². The number of ether oxygens (including phenoxy) is 1. The number of benzene rings is 1. The van der Waals surface area contributed by atoms with E-state index >= 15 is 0 Å². The number of rotatable bonds is 5. The first kappa shape index (κ1) is 15.9. The molecule has 0 saturated carbocycles. The lowest BCUT2D eigenvalue weighted by molar-refractivity contribution is -0.0411. The third kappa shape index (κ3) is 3.92. The lowest BCUT2D eigenvalue weighted by Crippen LogP contribution is -2.43. The average molecular weight is 340 g/mol. The summed E-state index contributed by atoms with van der Waals surface area (Å²) in [5, 5.41) is 8.24. The second-order valence-electron chi connectivity index (χ2n) is 6.23. The summed E-state index contributed by atoms with van der Waals surface area (Å²) in [6, 6.07) is 8.07. The van der Waals surface area contributed by atoms with Crippen molar-refractivity contribution in [2.24, 2.45) is 0 Å². The van der Waals surface area contributed by atoms with Gasteiger partial charge in [0.05, 0.1) is 25.8 Å². The predicted octanol–water partition coefficient (Wildman–Crippen LogP) is 1.54. The first-order valence-corrected chi connectivity index (χ1v) is 8.32. The summed E-state index contributed by atoms with van der Waals surface area (Å²) in [5.74, 6) is 1.25. The Labute approximate surface area is 145 Å². The molecule has 1 aliphatic rings. The maximum Gasteiger partial charge on any atom is 0.257 e. The molecule has 0 unspecified atom stereocenters. The van der Waals surface area contributed by atoms with Gasteiger partial charge >= 0.3 is 0 Å². The molecule has 1 aliphatic heterocycles. The van der Waals surface area contributed by atoms with Crippen molar-refractivity contribution < 1.29 is 9.26 Å². The molecule has 1 atom stereocenters. The molecule has 0 spiro atoms. The van der Waals surface area contributed by atoms with Gasteiger partial charge in [-0.2, -0.15) is 10.1 Å². The Morgan fingerprint density at radius 1 is 1.24 bits per heavy atom. The number of nitrogens with zero attached hydrogens (tertiary/aromatic N) is 6. The molecule has 0 radical (unpaired) electrons. The van der Waals surface area contributed by atoms with E-state index in [2.05, 4.69) is 32.0 Å². The number of morpholine rings is 1. The summed E-state index contributed by atoms with van der Waals surface area (Å²) in [5.41, 5.74) is 2.14. The molecule has 25 heavy (non-hydrogen) atoms. The van der Waals surface area contributed by atoms with Gasteiger partial charge in [-0.1, -0.05) is 22.9 Å². The van der Waals surface area contributed by atoms with Crippen LogP contribution in [-0.4, -0.2) is 55.6 Å². The fraction of sp³-hybridized carbons (Fsp3) is 0.412.